The lowest BCUT2D eigenvalue weighted by atomic mass is 10.2. The minimum absolute atomic E-state index is 0.0532. The van der Waals surface area contributed by atoms with Crippen molar-refractivity contribution in [2.75, 3.05) is 64.9 Å². The van der Waals surface area contributed by atoms with Gasteiger partial charge in [0.15, 0.2) is 9.84 Å². The average molecular weight is 276 g/mol. The first-order valence-electron chi connectivity index (χ1n) is 6.35. The molecule has 2 amide bonds. The minimum Gasteiger partial charge on any atom is -0.331 e. The molecule has 6 nitrogen and oxygen atoms in total. The molecular weight excluding hydrogens is 254 g/mol. The number of carbonyl (C=O) groups excluding carboxylic acids is 1. The molecule has 0 bridgehead atoms. The normalized spacial score (nSPS) is 26.0. The van der Waals surface area contributed by atoms with Crippen LogP contribution in [-0.4, -0.2) is 93.6 Å². The molecule has 2 heterocycles. The minimum atomic E-state index is -2.81. The Hall–Kier alpha value is -0.820. The molecule has 0 aliphatic carbocycles. The second kappa shape index (κ2) is 4.70. The molecule has 18 heavy (non-hydrogen) atoms. The summed E-state index contributed by atoms with van der Waals surface area (Å²) in [5, 5.41) is 0. The number of nitrogens with zero attached hydrogens (tertiary/aromatic N) is 3. The van der Waals surface area contributed by atoms with E-state index in [2.05, 4.69) is 0 Å². The molecule has 7 heteroatoms. The van der Waals surface area contributed by atoms with Crippen molar-refractivity contribution in [2.24, 2.45) is 0 Å². The maximum atomic E-state index is 11.8. The fraction of sp³-hybridized carbons (Fsp3) is 0.909. The second-order valence-corrected chi connectivity index (χ2v) is 7.86. The van der Waals surface area contributed by atoms with Crippen LogP contribution >= 0.6 is 0 Å². The maximum absolute atomic E-state index is 11.8. The SMILES string of the molecule is CN(C)C(=O)N1CC[N+]2(CC1)CCS(=O)(=O)CC2. The first-order valence-corrected chi connectivity index (χ1v) is 8.18. The van der Waals surface area contributed by atoms with Crippen LogP contribution in [0.25, 0.3) is 0 Å². The molecule has 1 spiro atoms. The fourth-order valence-corrected chi connectivity index (χ4v) is 4.23. The highest BCUT2D eigenvalue weighted by Crippen LogP contribution is 2.18. The Bertz CT molecular complexity index is 409. The highest BCUT2D eigenvalue weighted by Gasteiger charge is 2.39. The van der Waals surface area contributed by atoms with Crippen molar-refractivity contribution in [3.05, 3.63) is 0 Å². The molecule has 0 saturated carbocycles. The van der Waals surface area contributed by atoms with Gasteiger partial charge in [-0.3, -0.25) is 0 Å². The number of carbonyl (C=O) groups is 1. The zero-order valence-electron chi connectivity index (χ0n) is 11.1. The third-order valence-corrected chi connectivity index (χ3v) is 5.70. The summed E-state index contributed by atoms with van der Waals surface area (Å²) in [6, 6.07) is 0.0532. The van der Waals surface area contributed by atoms with Gasteiger partial charge in [-0.2, -0.15) is 0 Å². The number of hydrogen-bond donors (Lipinski definition) is 0. The van der Waals surface area contributed by atoms with Crippen LogP contribution in [0.2, 0.25) is 0 Å². The first kappa shape index (κ1) is 13.6. The van der Waals surface area contributed by atoms with Gasteiger partial charge < -0.3 is 14.3 Å². The van der Waals surface area contributed by atoms with Gasteiger partial charge in [0.25, 0.3) is 0 Å². The third-order valence-electron chi connectivity index (χ3n) is 4.09. The van der Waals surface area contributed by atoms with Gasteiger partial charge in [0, 0.05) is 14.1 Å². The highest BCUT2D eigenvalue weighted by molar-refractivity contribution is 7.91. The van der Waals surface area contributed by atoms with Crippen LogP contribution < -0.4 is 0 Å². The zero-order chi connectivity index (χ0) is 13.4. The number of quaternary nitrogens is 1. The van der Waals surface area contributed by atoms with Gasteiger partial charge in [-0.25, -0.2) is 13.2 Å². The van der Waals surface area contributed by atoms with Crippen molar-refractivity contribution >= 4 is 15.9 Å². The highest BCUT2D eigenvalue weighted by atomic mass is 32.2. The van der Waals surface area contributed by atoms with E-state index < -0.39 is 9.84 Å². The van der Waals surface area contributed by atoms with Crippen molar-refractivity contribution in [3.63, 3.8) is 0 Å². The zero-order valence-corrected chi connectivity index (χ0v) is 11.9. The van der Waals surface area contributed by atoms with E-state index in [0.29, 0.717) is 24.6 Å². The molecule has 104 valence electrons. The fourth-order valence-electron chi connectivity index (χ4n) is 2.69. The number of amides is 2. The predicted octanol–water partition coefficient (Wildman–Crippen LogP) is -0.771. The van der Waals surface area contributed by atoms with Crippen LogP contribution in [0.1, 0.15) is 0 Å². The van der Waals surface area contributed by atoms with E-state index in [1.54, 1.807) is 19.0 Å². The average Bonchev–Trinajstić information content (AvgIpc) is 2.34. The van der Waals surface area contributed by atoms with Gasteiger partial charge in [0.2, 0.25) is 0 Å². The molecule has 0 N–H and O–H groups in total. The Morgan fingerprint density at radius 2 is 1.56 bits per heavy atom. The van der Waals surface area contributed by atoms with Crippen LogP contribution in [0.15, 0.2) is 0 Å². The number of sulfone groups is 1. The molecule has 0 aromatic heterocycles. The van der Waals surface area contributed by atoms with Crippen LogP contribution in [0.4, 0.5) is 4.79 Å². The van der Waals surface area contributed by atoms with E-state index in [1.807, 2.05) is 4.90 Å². The monoisotopic (exact) mass is 276 g/mol. The molecule has 0 radical (unpaired) electrons. The van der Waals surface area contributed by atoms with Crippen LogP contribution in [0, 0.1) is 0 Å². The van der Waals surface area contributed by atoms with Gasteiger partial charge >= 0.3 is 6.03 Å². The summed E-state index contributed by atoms with van der Waals surface area (Å²) in [6.45, 7) is 4.66. The largest absolute Gasteiger partial charge is 0.331 e. The van der Waals surface area contributed by atoms with Crippen molar-refractivity contribution in [2.45, 2.75) is 0 Å². The van der Waals surface area contributed by atoms with E-state index in [1.165, 1.54) is 0 Å². The quantitative estimate of drug-likeness (QED) is 0.546. The molecule has 2 fully saturated rings. The number of hydrogen-bond acceptors (Lipinski definition) is 3. The first-order chi connectivity index (χ1) is 8.34. The Morgan fingerprint density at radius 3 is 2.00 bits per heavy atom. The Kier molecular flexibility index (Phi) is 3.55. The van der Waals surface area contributed by atoms with Crippen molar-refractivity contribution in [1.29, 1.82) is 0 Å². The molecule has 0 aromatic rings. The third kappa shape index (κ3) is 2.77. The molecule has 2 aliphatic rings. The van der Waals surface area contributed by atoms with Crippen LogP contribution in [0.3, 0.4) is 0 Å². The van der Waals surface area contributed by atoms with E-state index in [4.69, 9.17) is 0 Å². The summed E-state index contributed by atoms with van der Waals surface area (Å²) in [7, 11) is 0.712. The lowest BCUT2D eigenvalue weighted by molar-refractivity contribution is -0.928. The molecule has 2 saturated heterocycles. The Labute approximate surface area is 109 Å². The Morgan fingerprint density at radius 1 is 1.06 bits per heavy atom. The molecule has 2 aliphatic heterocycles. The lowest BCUT2D eigenvalue weighted by Crippen LogP contribution is -2.65. The van der Waals surface area contributed by atoms with Gasteiger partial charge in [-0.1, -0.05) is 0 Å². The molecule has 2 rings (SSSR count). The summed E-state index contributed by atoms with van der Waals surface area (Å²) >= 11 is 0. The summed E-state index contributed by atoms with van der Waals surface area (Å²) < 4.78 is 23.8. The van der Waals surface area contributed by atoms with Gasteiger partial charge in [0.05, 0.1) is 50.8 Å². The maximum Gasteiger partial charge on any atom is 0.319 e. The van der Waals surface area contributed by atoms with Crippen molar-refractivity contribution in [3.8, 4) is 0 Å². The van der Waals surface area contributed by atoms with Crippen LogP contribution in [-0.2, 0) is 9.84 Å². The molecule has 0 atom stereocenters. The lowest BCUT2D eigenvalue weighted by Gasteiger charge is -2.46. The molecule has 0 aromatic carbocycles. The van der Waals surface area contributed by atoms with E-state index in [-0.39, 0.29) is 6.03 Å². The predicted molar refractivity (Wildman–Crippen MR) is 69.0 cm³/mol. The molecular formula is C11H22N3O3S+. The van der Waals surface area contributed by atoms with Crippen LogP contribution in [0.5, 0.6) is 0 Å². The number of urea groups is 1. The molecule has 0 unspecified atom stereocenters. The van der Waals surface area contributed by atoms with Crippen molar-refractivity contribution < 1.29 is 17.7 Å². The van der Waals surface area contributed by atoms with Gasteiger partial charge in [-0.05, 0) is 0 Å². The summed E-state index contributed by atoms with van der Waals surface area (Å²) in [6.07, 6.45) is 0. The summed E-state index contributed by atoms with van der Waals surface area (Å²) in [5.41, 5.74) is 0. The van der Waals surface area contributed by atoms with Crippen molar-refractivity contribution in [1.82, 2.24) is 9.80 Å². The summed E-state index contributed by atoms with van der Waals surface area (Å²) in [5.74, 6) is 0.600. The standard InChI is InChI=1S/C11H22N3O3S/c1-12(2)11(15)13-3-5-14(6-4-13)7-9-18(16,17)10-8-14/h3-10H2,1-2H3/q+1. The van der Waals surface area contributed by atoms with E-state index in [9.17, 15) is 13.2 Å². The van der Waals surface area contributed by atoms with E-state index in [0.717, 1.165) is 30.7 Å². The smallest absolute Gasteiger partial charge is 0.319 e. The second-order valence-electron chi connectivity index (χ2n) is 5.55. The number of rotatable bonds is 0. The number of piperazine rings is 1. The topological polar surface area (TPSA) is 57.7 Å². The van der Waals surface area contributed by atoms with Gasteiger partial charge in [-0.15, -0.1) is 0 Å². The Balaban J connectivity index is 1.93. The summed E-state index contributed by atoms with van der Waals surface area (Å²) in [4.78, 5) is 15.3. The van der Waals surface area contributed by atoms with Gasteiger partial charge in [0.1, 0.15) is 0 Å². The van der Waals surface area contributed by atoms with E-state index >= 15 is 0 Å².